The van der Waals surface area contributed by atoms with Gasteiger partial charge in [-0.15, -0.1) is 12.6 Å². The maximum atomic E-state index is 8.77. The summed E-state index contributed by atoms with van der Waals surface area (Å²) in [6, 6.07) is 0. The van der Waals surface area contributed by atoms with Gasteiger partial charge in [-0.2, -0.15) is 0 Å². The molecule has 7 heavy (non-hydrogen) atoms. The van der Waals surface area contributed by atoms with Crippen LogP contribution in [0, 0.1) is 0 Å². The molecule has 0 saturated heterocycles. The molecule has 0 aliphatic rings. The normalized spacial score (nSPS) is 18.9. The Balaban J connectivity index is 3.36. The van der Waals surface area contributed by atoms with Gasteiger partial charge in [0.05, 0.1) is 0 Å². The average molecular weight is 122 g/mol. The SMILES string of the molecule is CC[C@@](O)(S)OC. The fourth-order valence-electron chi connectivity index (χ4n) is 0.144. The molecule has 2 nitrogen and oxygen atoms in total. The summed E-state index contributed by atoms with van der Waals surface area (Å²) in [5.41, 5.74) is 0. The zero-order valence-electron chi connectivity index (χ0n) is 4.51. The Morgan fingerprint density at radius 3 is 2.29 bits per heavy atom. The molecule has 0 rings (SSSR count). The van der Waals surface area contributed by atoms with E-state index in [-0.39, 0.29) is 0 Å². The molecule has 0 aliphatic carbocycles. The van der Waals surface area contributed by atoms with Crippen molar-refractivity contribution in [3.8, 4) is 0 Å². The Morgan fingerprint density at radius 1 is 1.86 bits per heavy atom. The van der Waals surface area contributed by atoms with Crippen LogP contribution in [0.3, 0.4) is 0 Å². The van der Waals surface area contributed by atoms with E-state index in [9.17, 15) is 0 Å². The Hall–Kier alpha value is 0.270. The topological polar surface area (TPSA) is 29.5 Å². The summed E-state index contributed by atoms with van der Waals surface area (Å²) in [5.74, 6) is 0. The smallest absolute Gasteiger partial charge is 0.212 e. The van der Waals surface area contributed by atoms with Crippen molar-refractivity contribution in [2.45, 2.75) is 18.5 Å². The van der Waals surface area contributed by atoms with Gasteiger partial charge in [-0.25, -0.2) is 0 Å². The van der Waals surface area contributed by atoms with Gasteiger partial charge in [0.1, 0.15) is 0 Å². The van der Waals surface area contributed by atoms with E-state index < -0.39 is 5.12 Å². The minimum Gasteiger partial charge on any atom is -0.357 e. The van der Waals surface area contributed by atoms with Gasteiger partial charge in [-0.3, -0.25) is 0 Å². The molecule has 1 atom stereocenters. The van der Waals surface area contributed by atoms with E-state index >= 15 is 0 Å². The largest absolute Gasteiger partial charge is 0.357 e. The van der Waals surface area contributed by atoms with Crippen molar-refractivity contribution in [1.82, 2.24) is 0 Å². The molecule has 0 spiro atoms. The lowest BCUT2D eigenvalue weighted by Crippen LogP contribution is -2.21. The Morgan fingerprint density at radius 2 is 2.29 bits per heavy atom. The van der Waals surface area contributed by atoms with Crippen LogP contribution in [0.2, 0.25) is 0 Å². The highest BCUT2D eigenvalue weighted by molar-refractivity contribution is 7.81. The van der Waals surface area contributed by atoms with Gasteiger partial charge in [0.15, 0.2) is 0 Å². The van der Waals surface area contributed by atoms with Crippen molar-refractivity contribution in [3.63, 3.8) is 0 Å². The lowest BCUT2D eigenvalue weighted by molar-refractivity contribution is -0.107. The Bertz CT molecular complexity index is 47.7. The number of rotatable bonds is 2. The summed E-state index contributed by atoms with van der Waals surface area (Å²) in [6.45, 7) is 1.79. The number of hydrogen-bond acceptors (Lipinski definition) is 3. The molecule has 0 aromatic carbocycles. The summed E-state index contributed by atoms with van der Waals surface area (Å²) in [5, 5.41) is 7.55. The highest BCUT2D eigenvalue weighted by Gasteiger charge is 2.15. The molecule has 0 bridgehead atoms. The number of aliphatic hydroxyl groups is 1. The van der Waals surface area contributed by atoms with Gasteiger partial charge in [-0.1, -0.05) is 6.92 Å². The highest BCUT2D eigenvalue weighted by Crippen LogP contribution is 2.13. The minimum absolute atomic E-state index is 0.493. The van der Waals surface area contributed by atoms with Crippen LogP contribution in [-0.4, -0.2) is 17.3 Å². The van der Waals surface area contributed by atoms with E-state index in [2.05, 4.69) is 17.4 Å². The molecule has 0 unspecified atom stereocenters. The second-order valence-electron chi connectivity index (χ2n) is 1.30. The standard InChI is InChI=1S/C4H10O2S/c1-3-4(5,7)6-2/h5,7H,3H2,1-2H3/t4-/m0/s1. The van der Waals surface area contributed by atoms with Crippen molar-refractivity contribution < 1.29 is 9.84 Å². The van der Waals surface area contributed by atoms with E-state index in [1.807, 2.05) is 0 Å². The quantitative estimate of drug-likeness (QED) is 0.415. The van der Waals surface area contributed by atoms with E-state index in [0.717, 1.165) is 0 Å². The summed E-state index contributed by atoms with van der Waals surface area (Å²) in [7, 11) is 1.41. The molecular weight excluding hydrogens is 112 g/mol. The summed E-state index contributed by atoms with van der Waals surface area (Å²) >= 11 is 3.72. The first kappa shape index (κ1) is 7.27. The number of methoxy groups -OCH3 is 1. The average Bonchev–Trinajstić information content (AvgIpc) is 1.68. The molecule has 0 heterocycles. The number of ether oxygens (including phenoxy) is 1. The molecule has 1 N–H and O–H groups in total. The molecule has 0 aromatic heterocycles. The summed E-state index contributed by atoms with van der Waals surface area (Å²) in [6.07, 6.45) is 0.493. The van der Waals surface area contributed by atoms with Crippen LogP contribution in [-0.2, 0) is 4.74 Å². The first-order valence-corrected chi connectivity index (χ1v) is 2.57. The minimum atomic E-state index is -1.22. The molecular formula is C4H10O2S. The van der Waals surface area contributed by atoms with E-state index in [4.69, 9.17) is 5.11 Å². The molecule has 0 fully saturated rings. The third-order valence-electron chi connectivity index (χ3n) is 0.787. The third kappa shape index (κ3) is 2.91. The Labute approximate surface area is 48.9 Å². The van der Waals surface area contributed by atoms with Crippen molar-refractivity contribution in [3.05, 3.63) is 0 Å². The zero-order chi connectivity index (χ0) is 5.91. The van der Waals surface area contributed by atoms with E-state index in [0.29, 0.717) is 6.42 Å². The van der Waals surface area contributed by atoms with Gasteiger partial charge in [0, 0.05) is 13.5 Å². The van der Waals surface area contributed by atoms with Crippen LogP contribution in [0.25, 0.3) is 0 Å². The van der Waals surface area contributed by atoms with Crippen molar-refractivity contribution >= 4 is 12.6 Å². The number of thiol groups is 1. The van der Waals surface area contributed by atoms with Gasteiger partial charge < -0.3 is 9.84 Å². The predicted molar refractivity (Wildman–Crippen MR) is 31.2 cm³/mol. The third-order valence-corrected chi connectivity index (χ3v) is 1.29. The Kier molecular flexibility index (Phi) is 2.64. The summed E-state index contributed by atoms with van der Waals surface area (Å²) < 4.78 is 4.51. The van der Waals surface area contributed by atoms with Crippen LogP contribution in [0.5, 0.6) is 0 Å². The second kappa shape index (κ2) is 2.55. The van der Waals surface area contributed by atoms with Crippen LogP contribution in [0.1, 0.15) is 13.3 Å². The van der Waals surface area contributed by atoms with Crippen LogP contribution in [0.15, 0.2) is 0 Å². The van der Waals surface area contributed by atoms with Crippen molar-refractivity contribution in [2.24, 2.45) is 0 Å². The fraction of sp³-hybridized carbons (Fsp3) is 1.00. The van der Waals surface area contributed by atoms with Gasteiger partial charge in [-0.05, 0) is 0 Å². The first-order chi connectivity index (χ1) is 3.12. The highest BCUT2D eigenvalue weighted by atomic mass is 32.1. The van der Waals surface area contributed by atoms with Crippen LogP contribution >= 0.6 is 12.6 Å². The molecule has 3 heteroatoms. The summed E-state index contributed by atoms with van der Waals surface area (Å²) in [4.78, 5) is 0. The van der Waals surface area contributed by atoms with E-state index in [1.165, 1.54) is 7.11 Å². The molecule has 0 radical (unpaired) electrons. The second-order valence-corrected chi connectivity index (χ2v) is 2.00. The first-order valence-electron chi connectivity index (χ1n) is 2.12. The fourth-order valence-corrected chi connectivity index (χ4v) is 0.144. The zero-order valence-corrected chi connectivity index (χ0v) is 5.40. The lowest BCUT2D eigenvalue weighted by Gasteiger charge is -2.16. The lowest BCUT2D eigenvalue weighted by atomic mass is 10.5. The van der Waals surface area contributed by atoms with Gasteiger partial charge in [0.25, 0.3) is 0 Å². The molecule has 0 aliphatic heterocycles. The van der Waals surface area contributed by atoms with Gasteiger partial charge >= 0.3 is 0 Å². The van der Waals surface area contributed by atoms with Crippen LogP contribution in [0.4, 0.5) is 0 Å². The molecule has 0 aromatic rings. The van der Waals surface area contributed by atoms with E-state index in [1.54, 1.807) is 6.92 Å². The van der Waals surface area contributed by atoms with Crippen molar-refractivity contribution in [2.75, 3.05) is 7.11 Å². The van der Waals surface area contributed by atoms with Crippen molar-refractivity contribution in [1.29, 1.82) is 0 Å². The predicted octanol–water partition coefficient (Wildman–Crippen LogP) is 0.619. The molecule has 0 amide bonds. The maximum Gasteiger partial charge on any atom is 0.212 e. The van der Waals surface area contributed by atoms with Crippen LogP contribution < -0.4 is 0 Å². The monoisotopic (exact) mass is 122 g/mol. The molecule has 44 valence electrons. The van der Waals surface area contributed by atoms with Gasteiger partial charge in [0.2, 0.25) is 5.12 Å². The number of hydrogen-bond donors (Lipinski definition) is 2. The maximum absolute atomic E-state index is 8.77. The molecule has 0 saturated carbocycles.